The summed E-state index contributed by atoms with van der Waals surface area (Å²) in [6.07, 6.45) is 0.658. The van der Waals surface area contributed by atoms with Gasteiger partial charge in [-0.3, -0.25) is 4.79 Å². The summed E-state index contributed by atoms with van der Waals surface area (Å²) in [5.41, 5.74) is 2.66. The molecular weight excluding hydrogens is 340 g/mol. The molecule has 1 fully saturated rings. The molecule has 1 aliphatic heterocycles. The molecule has 1 aliphatic rings. The van der Waals surface area contributed by atoms with Gasteiger partial charge in [-0.1, -0.05) is 42.5 Å². The quantitative estimate of drug-likeness (QED) is 0.706. The van der Waals surface area contributed by atoms with Gasteiger partial charge < -0.3 is 15.2 Å². The lowest BCUT2D eigenvalue weighted by Gasteiger charge is -2.13. The number of nitrogens with zero attached hydrogens (tertiary/aromatic N) is 1. The fraction of sp³-hybridized carbons (Fsp3) is 0.273. The zero-order valence-corrected chi connectivity index (χ0v) is 15.0. The Morgan fingerprint density at radius 3 is 2.70 bits per heavy atom. The summed E-state index contributed by atoms with van der Waals surface area (Å²) in [6.45, 7) is 0.673. The van der Waals surface area contributed by atoms with Gasteiger partial charge in [-0.15, -0.1) is 0 Å². The molecule has 2 heterocycles. The molecule has 2 atom stereocenters. The first-order valence-electron chi connectivity index (χ1n) is 9.19. The number of aliphatic hydroxyl groups excluding tert-OH is 1. The van der Waals surface area contributed by atoms with Crippen LogP contribution in [0.5, 0.6) is 5.75 Å². The molecule has 0 radical (unpaired) electrons. The van der Waals surface area contributed by atoms with E-state index in [2.05, 4.69) is 5.32 Å². The maximum Gasteiger partial charge on any atom is 0.174 e. The molecule has 138 valence electrons. The average molecular weight is 362 g/mol. The average Bonchev–Trinajstić information content (AvgIpc) is 3.21. The van der Waals surface area contributed by atoms with Crippen LogP contribution < -0.4 is 10.1 Å². The lowest BCUT2D eigenvalue weighted by Crippen LogP contribution is -2.25. The van der Waals surface area contributed by atoms with Crippen LogP contribution in [0.3, 0.4) is 0 Å². The Hall–Kier alpha value is -2.76. The van der Waals surface area contributed by atoms with Crippen LogP contribution in [-0.4, -0.2) is 41.7 Å². The van der Waals surface area contributed by atoms with E-state index in [0.717, 1.165) is 22.2 Å². The van der Waals surface area contributed by atoms with E-state index in [1.54, 1.807) is 0 Å². The normalized spacial score (nSPS) is 19.3. The predicted octanol–water partition coefficient (Wildman–Crippen LogP) is 2.82. The van der Waals surface area contributed by atoms with E-state index in [9.17, 15) is 9.90 Å². The number of carbonyl (C=O) groups is 1. The number of ketones is 1. The summed E-state index contributed by atoms with van der Waals surface area (Å²) < 4.78 is 5.94. The number of pyridine rings is 1. The Morgan fingerprint density at radius 2 is 1.93 bits per heavy atom. The summed E-state index contributed by atoms with van der Waals surface area (Å²) >= 11 is 0. The molecule has 0 amide bonds. The lowest BCUT2D eigenvalue weighted by atomic mass is 10.0. The van der Waals surface area contributed by atoms with Gasteiger partial charge in [-0.25, -0.2) is 4.98 Å². The van der Waals surface area contributed by atoms with Crippen LogP contribution in [0.4, 0.5) is 0 Å². The van der Waals surface area contributed by atoms with Gasteiger partial charge in [0.1, 0.15) is 12.4 Å². The molecule has 27 heavy (non-hydrogen) atoms. The number of benzene rings is 2. The third kappa shape index (κ3) is 3.84. The Bertz CT molecular complexity index is 943. The number of rotatable bonds is 6. The second-order valence-electron chi connectivity index (χ2n) is 6.86. The molecule has 0 aliphatic carbocycles. The monoisotopic (exact) mass is 362 g/mol. The molecule has 2 N–H and O–H groups in total. The SMILES string of the molecule is O=C(COc1cc(-c2ccccc2)nc2ccccc12)C1CNC(CO)C1. The minimum Gasteiger partial charge on any atom is -0.485 e. The highest BCUT2D eigenvalue weighted by Gasteiger charge is 2.29. The molecule has 5 nitrogen and oxygen atoms in total. The summed E-state index contributed by atoms with van der Waals surface area (Å²) in [4.78, 5) is 17.2. The van der Waals surface area contributed by atoms with Crippen molar-refractivity contribution >= 4 is 16.7 Å². The number of carbonyl (C=O) groups excluding carboxylic acids is 1. The van der Waals surface area contributed by atoms with Crippen molar-refractivity contribution in [1.29, 1.82) is 0 Å². The highest BCUT2D eigenvalue weighted by atomic mass is 16.5. The molecule has 2 unspecified atom stereocenters. The van der Waals surface area contributed by atoms with Gasteiger partial charge in [0.2, 0.25) is 0 Å². The van der Waals surface area contributed by atoms with Crippen molar-refractivity contribution in [3.8, 4) is 17.0 Å². The topological polar surface area (TPSA) is 71.5 Å². The van der Waals surface area contributed by atoms with Crippen LogP contribution in [0.1, 0.15) is 6.42 Å². The van der Waals surface area contributed by atoms with Crippen molar-refractivity contribution in [2.45, 2.75) is 12.5 Å². The number of Topliss-reactive ketones (excluding diaryl/α,β-unsaturated/α-hetero) is 1. The molecule has 2 aromatic carbocycles. The first-order chi connectivity index (χ1) is 13.2. The number of aliphatic hydroxyl groups is 1. The fourth-order valence-corrected chi connectivity index (χ4v) is 3.49. The van der Waals surface area contributed by atoms with Gasteiger partial charge in [0.15, 0.2) is 5.78 Å². The van der Waals surface area contributed by atoms with E-state index in [1.165, 1.54) is 0 Å². The molecule has 4 rings (SSSR count). The van der Waals surface area contributed by atoms with Crippen LogP contribution in [0.25, 0.3) is 22.2 Å². The third-order valence-corrected chi connectivity index (χ3v) is 5.02. The predicted molar refractivity (Wildman–Crippen MR) is 105 cm³/mol. The summed E-state index contributed by atoms with van der Waals surface area (Å²) in [5, 5.41) is 13.3. The number of aromatic nitrogens is 1. The van der Waals surface area contributed by atoms with Crippen LogP contribution in [-0.2, 0) is 4.79 Å². The molecular formula is C22H22N2O3. The van der Waals surface area contributed by atoms with Crippen LogP contribution in [0.15, 0.2) is 60.7 Å². The summed E-state index contributed by atoms with van der Waals surface area (Å²) in [7, 11) is 0. The summed E-state index contributed by atoms with van der Waals surface area (Å²) in [6, 6.07) is 19.6. The summed E-state index contributed by atoms with van der Waals surface area (Å²) in [5.74, 6) is 0.613. The van der Waals surface area contributed by atoms with Gasteiger partial charge in [-0.2, -0.15) is 0 Å². The van der Waals surface area contributed by atoms with E-state index in [1.807, 2.05) is 60.7 Å². The zero-order valence-electron chi connectivity index (χ0n) is 15.0. The minimum absolute atomic E-state index is 0.00499. The van der Waals surface area contributed by atoms with Crippen LogP contribution in [0, 0.1) is 5.92 Å². The van der Waals surface area contributed by atoms with Crippen molar-refractivity contribution in [2.24, 2.45) is 5.92 Å². The maximum absolute atomic E-state index is 12.5. The van der Waals surface area contributed by atoms with E-state index < -0.39 is 0 Å². The molecule has 0 saturated carbocycles. The Kier molecular flexibility index (Phi) is 5.14. The zero-order chi connectivity index (χ0) is 18.6. The van der Waals surface area contributed by atoms with Gasteiger partial charge in [-0.05, 0) is 18.6 Å². The molecule has 5 heteroatoms. The highest BCUT2D eigenvalue weighted by Crippen LogP contribution is 2.30. The van der Waals surface area contributed by atoms with Crippen molar-refractivity contribution in [2.75, 3.05) is 19.8 Å². The minimum atomic E-state index is -0.108. The van der Waals surface area contributed by atoms with Crippen molar-refractivity contribution in [1.82, 2.24) is 10.3 Å². The van der Waals surface area contributed by atoms with E-state index in [-0.39, 0.29) is 31.0 Å². The molecule has 3 aromatic rings. The number of para-hydroxylation sites is 1. The van der Waals surface area contributed by atoms with Crippen LogP contribution in [0.2, 0.25) is 0 Å². The Labute approximate surface area is 158 Å². The smallest absolute Gasteiger partial charge is 0.174 e. The molecule has 1 saturated heterocycles. The lowest BCUT2D eigenvalue weighted by molar-refractivity contribution is -0.124. The number of fused-ring (bicyclic) bond motifs is 1. The van der Waals surface area contributed by atoms with E-state index in [0.29, 0.717) is 18.7 Å². The molecule has 1 aromatic heterocycles. The number of hydrogen-bond acceptors (Lipinski definition) is 5. The van der Waals surface area contributed by atoms with Crippen molar-refractivity contribution in [3.63, 3.8) is 0 Å². The number of nitrogens with one attached hydrogen (secondary N) is 1. The number of hydrogen-bond donors (Lipinski definition) is 2. The van der Waals surface area contributed by atoms with E-state index in [4.69, 9.17) is 9.72 Å². The molecule has 0 spiro atoms. The largest absolute Gasteiger partial charge is 0.485 e. The van der Waals surface area contributed by atoms with Gasteiger partial charge in [0.25, 0.3) is 0 Å². The van der Waals surface area contributed by atoms with Gasteiger partial charge >= 0.3 is 0 Å². The van der Waals surface area contributed by atoms with Gasteiger partial charge in [0.05, 0.1) is 17.8 Å². The van der Waals surface area contributed by atoms with Gasteiger partial charge in [0, 0.05) is 35.5 Å². The Morgan fingerprint density at radius 1 is 1.15 bits per heavy atom. The van der Waals surface area contributed by atoms with Crippen molar-refractivity contribution in [3.05, 3.63) is 60.7 Å². The second kappa shape index (κ2) is 7.86. The van der Waals surface area contributed by atoms with E-state index >= 15 is 0 Å². The van der Waals surface area contributed by atoms with Crippen LogP contribution >= 0.6 is 0 Å². The highest BCUT2D eigenvalue weighted by molar-refractivity contribution is 5.89. The standard InChI is InChI=1S/C22H22N2O3/c25-13-17-10-16(12-23-17)21(26)14-27-22-11-20(15-6-2-1-3-7-15)24-19-9-5-4-8-18(19)22/h1-9,11,16-17,23,25H,10,12-14H2. The first kappa shape index (κ1) is 17.6. The molecule has 0 bridgehead atoms. The Balaban J connectivity index is 1.58. The first-order valence-corrected chi connectivity index (χ1v) is 9.19. The third-order valence-electron chi connectivity index (χ3n) is 5.02. The van der Waals surface area contributed by atoms with Crippen molar-refractivity contribution < 1.29 is 14.6 Å². The maximum atomic E-state index is 12.5. The number of ether oxygens (including phenoxy) is 1. The fourth-order valence-electron chi connectivity index (χ4n) is 3.49. The second-order valence-corrected chi connectivity index (χ2v) is 6.86.